The average Bonchev–Trinajstić information content (AvgIpc) is 2.67. The van der Waals surface area contributed by atoms with Crippen molar-refractivity contribution >= 4 is 15.9 Å². The summed E-state index contributed by atoms with van der Waals surface area (Å²) < 4.78 is 32.8. The second-order valence-electron chi connectivity index (χ2n) is 5.74. The molecule has 0 atom stereocenters. The van der Waals surface area contributed by atoms with Gasteiger partial charge in [0.05, 0.1) is 18.1 Å². The van der Waals surface area contributed by atoms with Crippen LogP contribution in [0.1, 0.15) is 15.9 Å². The van der Waals surface area contributed by atoms with Crippen LogP contribution in [0.4, 0.5) is 0 Å². The Kier molecular flexibility index (Phi) is 5.47. The Morgan fingerprint density at radius 1 is 1.04 bits per heavy atom. The zero-order valence-corrected chi connectivity index (χ0v) is 14.5. The van der Waals surface area contributed by atoms with E-state index >= 15 is 0 Å². The molecule has 6 nitrogen and oxygen atoms in total. The van der Waals surface area contributed by atoms with Crippen LogP contribution in [0.15, 0.2) is 59.5 Å². The number of sulfonamides is 1. The van der Waals surface area contributed by atoms with Crippen molar-refractivity contribution in [3.05, 3.63) is 65.7 Å². The van der Waals surface area contributed by atoms with Gasteiger partial charge in [-0.05, 0) is 23.8 Å². The molecule has 0 saturated carbocycles. The molecule has 1 aliphatic rings. The molecule has 25 heavy (non-hydrogen) atoms. The number of carbonyl (C=O) groups excluding carboxylic acids is 1. The van der Waals surface area contributed by atoms with E-state index < -0.39 is 10.0 Å². The summed E-state index contributed by atoms with van der Waals surface area (Å²) in [6.07, 6.45) is 0. The predicted octanol–water partition coefficient (Wildman–Crippen LogP) is 1.64. The molecule has 1 N–H and O–H groups in total. The van der Waals surface area contributed by atoms with Gasteiger partial charge in [-0.3, -0.25) is 4.79 Å². The number of ether oxygens (including phenoxy) is 1. The maximum Gasteiger partial charge on any atom is 0.254 e. The minimum absolute atomic E-state index is 0.0857. The van der Waals surface area contributed by atoms with Gasteiger partial charge in [-0.1, -0.05) is 36.4 Å². The Bertz CT molecular complexity index is 831. The molecule has 1 heterocycles. The van der Waals surface area contributed by atoms with Gasteiger partial charge in [0.1, 0.15) is 0 Å². The number of rotatable bonds is 5. The molecule has 1 saturated heterocycles. The summed E-state index contributed by atoms with van der Waals surface area (Å²) in [6.45, 7) is 2.24. The van der Waals surface area contributed by atoms with Crippen molar-refractivity contribution in [3.8, 4) is 0 Å². The maximum absolute atomic E-state index is 12.5. The van der Waals surface area contributed by atoms with E-state index in [-0.39, 0.29) is 17.3 Å². The second kappa shape index (κ2) is 7.77. The monoisotopic (exact) mass is 360 g/mol. The van der Waals surface area contributed by atoms with E-state index in [0.717, 1.165) is 5.56 Å². The number of carbonyl (C=O) groups is 1. The first-order chi connectivity index (χ1) is 12.1. The molecule has 3 rings (SSSR count). The van der Waals surface area contributed by atoms with Crippen molar-refractivity contribution < 1.29 is 17.9 Å². The molecule has 1 fully saturated rings. The van der Waals surface area contributed by atoms with Gasteiger partial charge >= 0.3 is 0 Å². The molecule has 0 aromatic heterocycles. The standard InChI is InChI=1S/C18H20N2O4S/c21-18(20-9-11-24-12-10-20)16-7-4-8-17(13-16)25(22,23)19-14-15-5-2-1-3-6-15/h1-8,13,19H,9-12,14H2. The number of benzene rings is 2. The zero-order valence-electron chi connectivity index (χ0n) is 13.7. The highest BCUT2D eigenvalue weighted by Crippen LogP contribution is 2.15. The first-order valence-electron chi connectivity index (χ1n) is 8.07. The van der Waals surface area contributed by atoms with Gasteiger partial charge in [-0.2, -0.15) is 0 Å². The lowest BCUT2D eigenvalue weighted by molar-refractivity contribution is 0.0302. The quantitative estimate of drug-likeness (QED) is 0.879. The summed E-state index contributed by atoms with van der Waals surface area (Å²) in [6, 6.07) is 15.4. The fourth-order valence-electron chi connectivity index (χ4n) is 2.60. The van der Waals surface area contributed by atoms with Gasteiger partial charge in [0.25, 0.3) is 5.91 Å². The van der Waals surface area contributed by atoms with Crippen LogP contribution in [-0.2, 0) is 21.3 Å². The van der Waals surface area contributed by atoms with Gasteiger partial charge in [0.15, 0.2) is 0 Å². The van der Waals surface area contributed by atoms with Gasteiger partial charge in [-0.25, -0.2) is 13.1 Å². The van der Waals surface area contributed by atoms with Crippen LogP contribution in [0.2, 0.25) is 0 Å². The first-order valence-corrected chi connectivity index (χ1v) is 9.55. The van der Waals surface area contributed by atoms with Crippen LogP contribution in [0.3, 0.4) is 0 Å². The predicted molar refractivity (Wildman–Crippen MR) is 93.6 cm³/mol. The molecule has 2 aromatic rings. The topological polar surface area (TPSA) is 75.7 Å². The third kappa shape index (κ3) is 4.45. The normalized spacial score (nSPS) is 15.1. The Balaban J connectivity index is 1.74. The van der Waals surface area contributed by atoms with Crippen molar-refractivity contribution in [1.82, 2.24) is 9.62 Å². The molecular weight excluding hydrogens is 340 g/mol. The molecule has 7 heteroatoms. The number of nitrogens with zero attached hydrogens (tertiary/aromatic N) is 1. The highest BCUT2D eigenvalue weighted by Gasteiger charge is 2.21. The molecule has 1 aliphatic heterocycles. The van der Waals surface area contributed by atoms with E-state index in [1.807, 2.05) is 30.3 Å². The van der Waals surface area contributed by atoms with E-state index in [1.54, 1.807) is 17.0 Å². The molecule has 0 unspecified atom stereocenters. The molecule has 0 aliphatic carbocycles. The van der Waals surface area contributed by atoms with Crippen LogP contribution < -0.4 is 4.72 Å². The second-order valence-corrected chi connectivity index (χ2v) is 7.51. The summed E-state index contributed by atoms with van der Waals surface area (Å²) in [5.74, 6) is -0.177. The number of hydrogen-bond donors (Lipinski definition) is 1. The Morgan fingerprint density at radius 2 is 1.76 bits per heavy atom. The SMILES string of the molecule is O=C(c1cccc(S(=O)(=O)NCc2ccccc2)c1)N1CCOCC1. The van der Waals surface area contributed by atoms with Crippen LogP contribution in [0, 0.1) is 0 Å². The zero-order chi connectivity index (χ0) is 17.7. The van der Waals surface area contributed by atoms with E-state index in [4.69, 9.17) is 4.74 Å². The van der Waals surface area contributed by atoms with Crippen molar-refractivity contribution in [2.45, 2.75) is 11.4 Å². The van der Waals surface area contributed by atoms with Crippen molar-refractivity contribution in [3.63, 3.8) is 0 Å². The van der Waals surface area contributed by atoms with Crippen LogP contribution >= 0.6 is 0 Å². The van der Waals surface area contributed by atoms with Crippen molar-refractivity contribution in [2.24, 2.45) is 0 Å². The van der Waals surface area contributed by atoms with E-state index in [1.165, 1.54) is 12.1 Å². The average molecular weight is 360 g/mol. The number of nitrogens with one attached hydrogen (secondary N) is 1. The minimum Gasteiger partial charge on any atom is -0.378 e. The molecule has 1 amide bonds. The molecule has 0 radical (unpaired) electrons. The molecule has 0 bridgehead atoms. The highest BCUT2D eigenvalue weighted by atomic mass is 32.2. The molecular formula is C18H20N2O4S. The molecule has 2 aromatic carbocycles. The summed E-state index contributed by atoms with van der Waals surface area (Å²) in [5, 5.41) is 0. The largest absolute Gasteiger partial charge is 0.378 e. The Morgan fingerprint density at radius 3 is 2.48 bits per heavy atom. The molecule has 0 spiro atoms. The van der Waals surface area contributed by atoms with Gasteiger partial charge < -0.3 is 9.64 Å². The van der Waals surface area contributed by atoms with Gasteiger partial charge in [-0.15, -0.1) is 0 Å². The van der Waals surface area contributed by atoms with Gasteiger partial charge in [0.2, 0.25) is 10.0 Å². The van der Waals surface area contributed by atoms with Gasteiger partial charge in [0, 0.05) is 25.2 Å². The van der Waals surface area contributed by atoms with Crippen LogP contribution in [-0.4, -0.2) is 45.5 Å². The van der Waals surface area contributed by atoms with Crippen LogP contribution in [0.5, 0.6) is 0 Å². The summed E-state index contributed by atoms with van der Waals surface area (Å²) in [7, 11) is -3.69. The minimum atomic E-state index is -3.69. The number of amides is 1. The molecule has 132 valence electrons. The van der Waals surface area contributed by atoms with E-state index in [0.29, 0.717) is 31.9 Å². The third-order valence-electron chi connectivity index (χ3n) is 4.00. The maximum atomic E-state index is 12.5. The summed E-state index contributed by atoms with van der Waals surface area (Å²) in [5.41, 5.74) is 1.23. The Labute approximate surface area is 147 Å². The summed E-state index contributed by atoms with van der Waals surface area (Å²) in [4.78, 5) is 14.3. The third-order valence-corrected chi connectivity index (χ3v) is 5.40. The number of hydrogen-bond acceptors (Lipinski definition) is 4. The summed E-state index contributed by atoms with van der Waals surface area (Å²) >= 11 is 0. The van der Waals surface area contributed by atoms with Crippen molar-refractivity contribution in [2.75, 3.05) is 26.3 Å². The van der Waals surface area contributed by atoms with E-state index in [2.05, 4.69) is 4.72 Å². The fraction of sp³-hybridized carbons (Fsp3) is 0.278. The smallest absolute Gasteiger partial charge is 0.254 e. The van der Waals surface area contributed by atoms with Crippen molar-refractivity contribution in [1.29, 1.82) is 0 Å². The fourth-order valence-corrected chi connectivity index (χ4v) is 3.67. The lowest BCUT2D eigenvalue weighted by Crippen LogP contribution is -2.40. The lowest BCUT2D eigenvalue weighted by atomic mass is 10.2. The van der Waals surface area contributed by atoms with Crippen LogP contribution in [0.25, 0.3) is 0 Å². The van der Waals surface area contributed by atoms with E-state index in [9.17, 15) is 13.2 Å². The lowest BCUT2D eigenvalue weighted by Gasteiger charge is -2.27. The highest BCUT2D eigenvalue weighted by molar-refractivity contribution is 7.89. The first kappa shape index (κ1) is 17.6. The Hall–Kier alpha value is -2.22. The number of morpholine rings is 1.